The van der Waals surface area contributed by atoms with E-state index in [0.29, 0.717) is 10.2 Å². The number of aromatic nitrogens is 3. The van der Waals surface area contributed by atoms with E-state index in [1.54, 1.807) is 0 Å². The second-order valence-corrected chi connectivity index (χ2v) is 7.72. The van der Waals surface area contributed by atoms with Crippen molar-refractivity contribution in [1.29, 1.82) is 0 Å². The molecule has 0 unspecified atom stereocenters. The van der Waals surface area contributed by atoms with E-state index in [-0.39, 0.29) is 27.0 Å². The van der Waals surface area contributed by atoms with Gasteiger partial charge in [0, 0.05) is 10.8 Å². The molecule has 0 fully saturated rings. The number of pyridine rings is 1. The molecule has 0 aliphatic rings. The highest BCUT2D eigenvalue weighted by molar-refractivity contribution is 7.21. The molecule has 0 saturated heterocycles. The summed E-state index contributed by atoms with van der Waals surface area (Å²) in [6.45, 7) is 1.96. The Hall–Kier alpha value is -2.79. The maximum atomic E-state index is 12.6. The molecule has 0 saturated carbocycles. The topological polar surface area (TPSA) is 93.8 Å². The van der Waals surface area contributed by atoms with Crippen LogP contribution in [-0.2, 0) is 6.18 Å². The molecular weight excluding hydrogens is 399 g/mol. The van der Waals surface area contributed by atoms with Crippen LogP contribution in [0, 0.1) is 6.92 Å². The number of carbonyl (C=O) groups is 1. The summed E-state index contributed by atoms with van der Waals surface area (Å²) >= 11 is 1.32. The average molecular weight is 409 g/mol. The van der Waals surface area contributed by atoms with E-state index in [4.69, 9.17) is 5.73 Å². The fraction of sp³-hybridized carbons (Fsp3) is 0.125. The molecule has 0 spiro atoms. The van der Waals surface area contributed by atoms with Gasteiger partial charge >= 0.3 is 6.18 Å². The smallest absolute Gasteiger partial charge is 0.397 e. The molecule has 0 atom stereocenters. The standard InChI is InChI=1S/C16H10F3N5OS2/c1-6-2-3-9-7(4-6)5-8-10(20)11(26-13(8)21-9)12(25)22-15-24-23-14(27-15)16(17,18)19/h2-5H,20H2,1H3,(H,22,24,25). The molecule has 3 aromatic heterocycles. The van der Waals surface area contributed by atoms with Crippen LogP contribution >= 0.6 is 22.7 Å². The summed E-state index contributed by atoms with van der Waals surface area (Å²) in [5.41, 5.74) is 8.15. The molecule has 138 valence electrons. The molecular formula is C16H10F3N5OS2. The summed E-state index contributed by atoms with van der Waals surface area (Å²) < 4.78 is 37.8. The number of rotatable bonds is 2. The monoisotopic (exact) mass is 409 g/mol. The Morgan fingerprint density at radius 1 is 1.19 bits per heavy atom. The zero-order valence-electron chi connectivity index (χ0n) is 13.6. The number of nitrogen functional groups attached to an aromatic ring is 1. The van der Waals surface area contributed by atoms with E-state index in [9.17, 15) is 18.0 Å². The Morgan fingerprint density at radius 3 is 2.67 bits per heavy atom. The fourth-order valence-corrected chi connectivity index (χ4v) is 4.12. The number of hydrogen-bond donors (Lipinski definition) is 2. The predicted octanol–water partition coefficient (Wildman–Crippen LogP) is 4.46. The van der Waals surface area contributed by atoms with Crippen LogP contribution in [0.1, 0.15) is 20.2 Å². The van der Waals surface area contributed by atoms with E-state index in [2.05, 4.69) is 20.5 Å². The second-order valence-electron chi connectivity index (χ2n) is 5.75. The van der Waals surface area contributed by atoms with Crippen LogP contribution in [0.4, 0.5) is 24.0 Å². The number of benzene rings is 1. The van der Waals surface area contributed by atoms with Gasteiger partial charge in [-0.3, -0.25) is 10.1 Å². The van der Waals surface area contributed by atoms with Gasteiger partial charge in [0.1, 0.15) is 9.71 Å². The lowest BCUT2D eigenvalue weighted by atomic mass is 10.1. The van der Waals surface area contributed by atoms with Crippen molar-refractivity contribution in [3.05, 3.63) is 39.7 Å². The van der Waals surface area contributed by atoms with Gasteiger partial charge < -0.3 is 5.73 Å². The number of fused-ring (bicyclic) bond motifs is 2. The normalized spacial score (nSPS) is 12.0. The molecule has 4 rings (SSSR count). The minimum atomic E-state index is -4.61. The molecule has 3 N–H and O–H groups in total. The number of aryl methyl sites for hydroxylation is 1. The Balaban J connectivity index is 1.70. The third-order valence-electron chi connectivity index (χ3n) is 3.76. The van der Waals surface area contributed by atoms with Crippen molar-refractivity contribution in [2.24, 2.45) is 0 Å². The Morgan fingerprint density at radius 2 is 1.96 bits per heavy atom. The van der Waals surface area contributed by atoms with E-state index in [0.717, 1.165) is 27.8 Å². The lowest BCUT2D eigenvalue weighted by Gasteiger charge is -2.01. The van der Waals surface area contributed by atoms with Crippen LogP contribution in [0.3, 0.4) is 0 Å². The Kier molecular flexibility index (Phi) is 4.00. The van der Waals surface area contributed by atoms with Crippen LogP contribution in [0.2, 0.25) is 0 Å². The van der Waals surface area contributed by atoms with E-state index in [1.165, 1.54) is 0 Å². The molecule has 0 aliphatic carbocycles. The van der Waals surface area contributed by atoms with Crippen molar-refractivity contribution in [2.75, 3.05) is 11.1 Å². The van der Waals surface area contributed by atoms with Crippen molar-refractivity contribution < 1.29 is 18.0 Å². The van der Waals surface area contributed by atoms with Gasteiger partial charge in [-0.25, -0.2) is 4.98 Å². The molecule has 1 amide bonds. The minimum absolute atomic E-state index is 0.160. The zero-order valence-corrected chi connectivity index (χ0v) is 15.2. The Bertz CT molecular complexity index is 1200. The summed E-state index contributed by atoms with van der Waals surface area (Å²) in [5, 5.41) is 8.82. The molecule has 6 nitrogen and oxygen atoms in total. The third kappa shape index (κ3) is 3.19. The number of nitrogens with zero attached hydrogens (tertiary/aromatic N) is 3. The van der Waals surface area contributed by atoms with Crippen LogP contribution in [0.5, 0.6) is 0 Å². The molecule has 3 heterocycles. The SMILES string of the molecule is Cc1ccc2nc3sc(C(=O)Nc4nnc(C(F)(F)F)s4)c(N)c3cc2c1. The van der Waals surface area contributed by atoms with Crippen molar-refractivity contribution in [2.45, 2.75) is 13.1 Å². The molecule has 0 bridgehead atoms. The summed E-state index contributed by atoms with van der Waals surface area (Å²) in [7, 11) is 0. The van der Waals surface area contributed by atoms with Crippen molar-refractivity contribution in [1.82, 2.24) is 15.2 Å². The summed E-state index contributed by atoms with van der Waals surface area (Å²) in [6.07, 6.45) is -4.61. The van der Waals surface area contributed by atoms with Gasteiger partial charge in [-0.15, -0.1) is 21.5 Å². The maximum absolute atomic E-state index is 12.6. The highest BCUT2D eigenvalue weighted by Crippen LogP contribution is 2.36. The number of anilines is 2. The second kappa shape index (κ2) is 6.13. The maximum Gasteiger partial charge on any atom is 0.445 e. The molecule has 1 aromatic carbocycles. The van der Waals surface area contributed by atoms with E-state index < -0.39 is 17.1 Å². The lowest BCUT2D eigenvalue weighted by Crippen LogP contribution is -2.11. The first-order valence-electron chi connectivity index (χ1n) is 7.54. The van der Waals surface area contributed by atoms with Crippen LogP contribution in [0.25, 0.3) is 21.1 Å². The summed E-state index contributed by atoms with van der Waals surface area (Å²) in [6, 6.07) is 7.61. The van der Waals surface area contributed by atoms with Crippen LogP contribution in [-0.4, -0.2) is 21.1 Å². The predicted molar refractivity (Wildman–Crippen MR) is 99.1 cm³/mol. The molecule has 0 radical (unpaired) electrons. The number of amides is 1. The van der Waals surface area contributed by atoms with E-state index in [1.807, 2.05) is 31.2 Å². The number of thiophene rings is 1. The van der Waals surface area contributed by atoms with Crippen molar-refractivity contribution >= 4 is 60.5 Å². The molecule has 11 heteroatoms. The molecule has 27 heavy (non-hydrogen) atoms. The van der Waals surface area contributed by atoms with Gasteiger partial charge in [0.05, 0.1) is 11.2 Å². The first-order chi connectivity index (χ1) is 12.7. The highest BCUT2D eigenvalue weighted by Gasteiger charge is 2.36. The number of carbonyl (C=O) groups excluding carboxylic acids is 1. The minimum Gasteiger partial charge on any atom is -0.397 e. The first-order valence-corrected chi connectivity index (χ1v) is 9.17. The number of halogens is 3. The number of nitrogens with two attached hydrogens (primary N) is 1. The van der Waals surface area contributed by atoms with Crippen LogP contribution < -0.4 is 11.1 Å². The van der Waals surface area contributed by atoms with Gasteiger partial charge in [0.25, 0.3) is 5.91 Å². The van der Waals surface area contributed by atoms with Crippen molar-refractivity contribution in [3.8, 4) is 0 Å². The van der Waals surface area contributed by atoms with E-state index >= 15 is 0 Å². The average Bonchev–Trinajstić information content (AvgIpc) is 3.18. The molecule has 0 aliphatic heterocycles. The van der Waals surface area contributed by atoms with Gasteiger partial charge in [0.2, 0.25) is 10.1 Å². The number of alkyl halides is 3. The highest BCUT2D eigenvalue weighted by atomic mass is 32.1. The van der Waals surface area contributed by atoms with Gasteiger partial charge in [0.15, 0.2) is 0 Å². The number of nitrogens with one attached hydrogen (secondary N) is 1. The lowest BCUT2D eigenvalue weighted by molar-refractivity contribution is -0.138. The van der Waals surface area contributed by atoms with Crippen molar-refractivity contribution in [3.63, 3.8) is 0 Å². The van der Waals surface area contributed by atoms with Gasteiger partial charge in [-0.1, -0.05) is 23.0 Å². The number of hydrogen-bond acceptors (Lipinski definition) is 7. The quantitative estimate of drug-likeness (QED) is 0.510. The molecule has 4 aromatic rings. The van der Waals surface area contributed by atoms with Gasteiger partial charge in [-0.05, 0) is 25.1 Å². The Labute approximate surface area is 157 Å². The zero-order chi connectivity index (χ0) is 19.3. The largest absolute Gasteiger partial charge is 0.445 e. The first kappa shape index (κ1) is 17.6. The summed E-state index contributed by atoms with van der Waals surface area (Å²) in [5.74, 6) is -0.652. The summed E-state index contributed by atoms with van der Waals surface area (Å²) in [4.78, 5) is 17.7. The third-order valence-corrected chi connectivity index (χ3v) is 5.76. The van der Waals surface area contributed by atoms with Gasteiger partial charge in [-0.2, -0.15) is 13.2 Å². The fourth-order valence-electron chi connectivity index (χ4n) is 2.53. The van der Waals surface area contributed by atoms with Crippen LogP contribution in [0.15, 0.2) is 24.3 Å².